The molecule has 0 aliphatic heterocycles. The second-order valence-corrected chi connectivity index (χ2v) is 10.1. The molecule has 0 aromatic carbocycles. The molecule has 0 aliphatic carbocycles. The van der Waals surface area contributed by atoms with Crippen molar-refractivity contribution < 1.29 is 52.0 Å². The molecule has 0 saturated heterocycles. The van der Waals surface area contributed by atoms with Crippen molar-refractivity contribution in [3.05, 3.63) is 0 Å². The smallest absolute Gasteiger partial charge is 0.381 e. The van der Waals surface area contributed by atoms with Crippen LogP contribution in [0.15, 0.2) is 0 Å². The predicted molar refractivity (Wildman–Crippen MR) is 98.0 cm³/mol. The van der Waals surface area contributed by atoms with E-state index in [4.69, 9.17) is 18.4 Å². The Morgan fingerprint density at radius 3 is 1.61 bits per heavy atom. The van der Waals surface area contributed by atoms with Crippen molar-refractivity contribution in [2.75, 3.05) is 32.2 Å². The lowest BCUT2D eigenvalue weighted by Gasteiger charge is -2.30. The normalized spacial score (nSPS) is 13.7. The summed E-state index contributed by atoms with van der Waals surface area (Å²) < 4.78 is 106. The quantitative estimate of drug-likeness (QED) is 0.200. The molecular formula is C13H28O12S3. The summed E-state index contributed by atoms with van der Waals surface area (Å²) in [4.78, 5) is 0. The van der Waals surface area contributed by atoms with Gasteiger partial charge < -0.3 is 4.74 Å². The van der Waals surface area contributed by atoms with Crippen LogP contribution in [0.5, 0.6) is 0 Å². The Bertz CT molecular complexity index is 706. The summed E-state index contributed by atoms with van der Waals surface area (Å²) >= 11 is 0. The molecule has 0 saturated carbocycles. The third-order valence-corrected chi connectivity index (χ3v) is 5.38. The second-order valence-electron chi connectivity index (χ2n) is 6.43. The molecule has 0 radical (unpaired) electrons. The van der Waals surface area contributed by atoms with E-state index in [9.17, 15) is 25.3 Å². The minimum atomic E-state index is -5.01. The Hall–Kier alpha value is -0.390. The fraction of sp³-hybridized carbons (Fsp3) is 1.00. The van der Waals surface area contributed by atoms with Gasteiger partial charge in [-0.2, -0.15) is 25.3 Å². The van der Waals surface area contributed by atoms with E-state index < -0.39 is 61.9 Å². The standard InChI is InChI=1S/C13H28O12S3/c1-2-3-4-5-6-7-8-23-9-13(12-26(14,15)16,10-24-27(17,18)19)11-25-28(20,21)22/h2-12H2,1H3,(H,14,15,16)(H,17,18,19)(H,20,21,22). The Balaban J connectivity index is 5.07. The number of rotatable bonds is 17. The third kappa shape index (κ3) is 16.6. The Kier molecular flexibility index (Phi) is 12.2. The first kappa shape index (κ1) is 27.6. The highest BCUT2D eigenvalue weighted by Gasteiger charge is 2.39. The minimum absolute atomic E-state index is 0.136. The first-order valence-corrected chi connectivity index (χ1v) is 12.8. The van der Waals surface area contributed by atoms with E-state index in [1.165, 1.54) is 0 Å². The number of ether oxygens (including phenoxy) is 1. The highest BCUT2D eigenvalue weighted by molar-refractivity contribution is 7.85. The zero-order chi connectivity index (χ0) is 21.9. The molecule has 0 aromatic heterocycles. The van der Waals surface area contributed by atoms with E-state index in [2.05, 4.69) is 15.3 Å². The van der Waals surface area contributed by atoms with Crippen molar-refractivity contribution in [1.29, 1.82) is 0 Å². The van der Waals surface area contributed by atoms with Crippen LogP contribution in [0.2, 0.25) is 0 Å². The van der Waals surface area contributed by atoms with Crippen LogP contribution in [0.1, 0.15) is 45.4 Å². The molecule has 0 atom stereocenters. The van der Waals surface area contributed by atoms with Gasteiger partial charge in [0.15, 0.2) is 0 Å². The van der Waals surface area contributed by atoms with Gasteiger partial charge in [0.05, 0.1) is 31.0 Å². The van der Waals surface area contributed by atoms with Gasteiger partial charge in [0.2, 0.25) is 0 Å². The third-order valence-electron chi connectivity index (χ3n) is 3.57. The van der Waals surface area contributed by atoms with Crippen molar-refractivity contribution in [2.45, 2.75) is 45.4 Å². The first-order valence-electron chi connectivity index (χ1n) is 8.45. The van der Waals surface area contributed by atoms with E-state index in [0.29, 0.717) is 6.42 Å². The number of hydrogen-bond donors (Lipinski definition) is 3. The van der Waals surface area contributed by atoms with Crippen molar-refractivity contribution in [2.24, 2.45) is 5.41 Å². The second kappa shape index (κ2) is 12.3. The molecule has 170 valence electrons. The molecule has 12 nitrogen and oxygen atoms in total. The van der Waals surface area contributed by atoms with Gasteiger partial charge in [-0.3, -0.25) is 13.7 Å². The summed E-state index contributed by atoms with van der Waals surface area (Å²) in [5.74, 6) is -1.21. The van der Waals surface area contributed by atoms with Gasteiger partial charge in [0, 0.05) is 6.61 Å². The molecule has 0 amide bonds. The lowest BCUT2D eigenvalue weighted by molar-refractivity contribution is -0.00475. The maximum absolute atomic E-state index is 11.3. The molecule has 0 fully saturated rings. The Morgan fingerprint density at radius 1 is 0.714 bits per heavy atom. The fourth-order valence-corrected chi connectivity index (χ4v) is 4.13. The molecule has 0 aliphatic rings. The van der Waals surface area contributed by atoms with Crippen LogP contribution in [-0.4, -0.2) is 71.1 Å². The molecule has 0 unspecified atom stereocenters. The van der Waals surface area contributed by atoms with Crippen molar-refractivity contribution in [3.8, 4) is 0 Å². The van der Waals surface area contributed by atoms with Gasteiger partial charge in [0.25, 0.3) is 10.1 Å². The van der Waals surface area contributed by atoms with Crippen molar-refractivity contribution in [3.63, 3.8) is 0 Å². The maximum Gasteiger partial charge on any atom is 0.397 e. The topological polar surface area (TPSA) is 191 Å². The predicted octanol–water partition coefficient (Wildman–Crippen LogP) is 0.877. The lowest BCUT2D eigenvalue weighted by atomic mass is 9.94. The van der Waals surface area contributed by atoms with Crippen LogP contribution in [-0.2, 0) is 44.0 Å². The highest BCUT2D eigenvalue weighted by atomic mass is 32.3. The number of unbranched alkanes of at least 4 members (excludes halogenated alkanes) is 5. The Morgan fingerprint density at radius 2 is 1.18 bits per heavy atom. The largest absolute Gasteiger partial charge is 0.397 e. The molecule has 0 aromatic rings. The van der Waals surface area contributed by atoms with Gasteiger partial charge in [-0.1, -0.05) is 39.0 Å². The summed E-state index contributed by atoms with van der Waals surface area (Å²) in [6.07, 6.45) is 5.62. The van der Waals surface area contributed by atoms with Crippen molar-refractivity contribution in [1.82, 2.24) is 0 Å². The summed E-state index contributed by atoms with van der Waals surface area (Å²) in [5, 5.41) is 0. The van der Waals surface area contributed by atoms with Crippen molar-refractivity contribution >= 4 is 30.9 Å². The first-order chi connectivity index (χ1) is 12.7. The summed E-state index contributed by atoms with van der Waals surface area (Å²) in [6.45, 7) is -0.555. The van der Waals surface area contributed by atoms with Gasteiger partial charge in [-0.05, 0) is 6.42 Å². The van der Waals surface area contributed by atoms with E-state index in [1.54, 1.807) is 0 Å². The molecule has 15 heteroatoms. The molecular weight excluding hydrogens is 444 g/mol. The molecule has 0 bridgehead atoms. The zero-order valence-electron chi connectivity index (χ0n) is 15.5. The van der Waals surface area contributed by atoms with E-state index in [1.807, 2.05) is 0 Å². The molecule has 0 spiro atoms. The lowest BCUT2D eigenvalue weighted by Crippen LogP contribution is -2.44. The molecule has 0 heterocycles. The summed E-state index contributed by atoms with van der Waals surface area (Å²) in [7, 11) is -14.8. The zero-order valence-corrected chi connectivity index (χ0v) is 18.0. The van der Waals surface area contributed by atoms with Crippen LogP contribution in [0.3, 0.4) is 0 Å². The van der Waals surface area contributed by atoms with Gasteiger partial charge >= 0.3 is 20.8 Å². The van der Waals surface area contributed by atoms with Crippen LogP contribution < -0.4 is 0 Å². The van der Waals surface area contributed by atoms with E-state index in [0.717, 1.165) is 32.1 Å². The van der Waals surface area contributed by atoms with E-state index in [-0.39, 0.29) is 6.61 Å². The SMILES string of the molecule is CCCCCCCCOCC(COS(=O)(=O)O)(COS(=O)(=O)O)CS(=O)(=O)O. The molecule has 0 rings (SSSR count). The fourth-order valence-electron chi connectivity index (χ4n) is 2.31. The minimum Gasteiger partial charge on any atom is -0.381 e. The average Bonchev–Trinajstić information content (AvgIpc) is 2.51. The molecule has 3 N–H and O–H groups in total. The van der Waals surface area contributed by atoms with Crippen LogP contribution >= 0.6 is 0 Å². The van der Waals surface area contributed by atoms with Crippen LogP contribution in [0.4, 0.5) is 0 Å². The van der Waals surface area contributed by atoms with Gasteiger partial charge in [-0.15, -0.1) is 0 Å². The summed E-state index contributed by atoms with van der Waals surface area (Å²) in [5.41, 5.74) is -2.04. The van der Waals surface area contributed by atoms with E-state index >= 15 is 0 Å². The Labute approximate surface area is 166 Å². The number of hydrogen-bond acceptors (Lipinski definition) is 9. The van der Waals surface area contributed by atoms with Crippen LogP contribution in [0, 0.1) is 5.41 Å². The summed E-state index contributed by atoms with van der Waals surface area (Å²) in [6, 6.07) is 0. The monoisotopic (exact) mass is 472 g/mol. The van der Waals surface area contributed by atoms with Gasteiger partial charge in [0.1, 0.15) is 0 Å². The van der Waals surface area contributed by atoms with Gasteiger partial charge in [-0.25, -0.2) is 8.37 Å². The van der Waals surface area contributed by atoms with Crippen LogP contribution in [0.25, 0.3) is 0 Å². The highest BCUT2D eigenvalue weighted by Crippen LogP contribution is 2.24. The molecule has 28 heavy (non-hydrogen) atoms. The maximum atomic E-state index is 11.3. The average molecular weight is 473 g/mol.